The fraction of sp³-hybridized carbons (Fsp3) is 0.650. The van der Waals surface area contributed by atoms with Crippen molar-refractivity contribution in [1.29, 1.82) is 0 Å². The molecule has 1 aromatic carbocycles. The molecule has 4 aliphatic rings. The predicted molar refractivity (Wildman–Crippen MR) is 96.2 cm³/mol. The van der Waals surface area contributed by atoms with Crippen molar-refractivity contribution in [3.05, 3.63) is 35.9 Å². The quantitative estimate of drug-likeness (QED) is 0.868. The summed E-state index contributed by atoms with van der Waals surface area (Å²) < 4.78 is 0. The molecule has 0 radical (unpaired) electrons. The van der Waals surface area contributed by atoms with E-state index in [1.807, 2.05) is 6.07 Å². The van der Waals surface area contributed by atoms with Gasteiger partial charge < -0.3 is 5.32 Å². The van der Waals surface area contributed by atoms with Gasteiger partial charge in [-0.05, 0) is 68.8 Å². The lowest BCUT2D eigenvalue weighted by atomic mass is 9.53. The van der Waals surface area contributed by atoms with Crippen LogP contribution in [0.5, 0.6) is 0 Å². The van der Waals surface area contributed by atoms with E-state index >= 15 is 0 Å². The molecule has 0 aromatic heterocycles. The number of carbonyl (C=O) groups is 1. The molecule has 1 amide bonds. The van der Waals surface area contributed by atoms with Crippen LogP contribution in [0.4, 0.5) is 0 Å². The molecule has 1 atom stereocenters. The Balaban J connectivity index is 1.34. The first-order chi connectivity index (χ1) is 11.1. The molecule has 0 unspecified atom stereocenters. The summed E-state index contributed by atoms with van der Waals surface area (Å²) in [4.78, 5) is 12.7. The van der Waals surface area contributed by atoms with E-state index in [9.17, 15) is 4.79 Å². The van der Waals surface area contributed by atoms with E-state index in [0.29, 0.717) is 0 Å². The Morgan fingerprint density at radius 2 is 1.70 bits per heavy atom. The van der Waals surface area contributed by atoms with Crippen LogP contribution in [0.15, 0.2) is 30.3 Å². The zero-order valence-corrected chi connectivity index (χ0v) is 14.8. The molecule has 3 heteroatoms. The van der Waals surface area contributed by atoms with Gasteiger partial charge in [-0.3, -0.25) is 4.79 Å². The minimum atomic E-state index is 0.0308. The van der Waals surface area contributed by atoms with Gasteiger partial charge in [0, 0.05) is 11.3 Å². The molecule has 4 saturated carbocycles. The molecule has 0 spiro atoms. The molecule has 0 aliphatic heterocycles. The van der Waals surface area contributed by atoms with Gasteiger partial charge in [0.15, 0.2) is 0 Å². The molecule has 4 bridgehead atoms. The maximum absolute atomic E-state index is 12.7. The molecule has 4 aliphatic carbocycles. The lowest BCUT2D eigenvalue weighted by Crippen LogP contribution is -2.60. The van der Waals surface area contributed by atoms with Crippen molar-refractivity contribution in [2.75, 3.05) is 0 Å². The zero-order valence-electron chi connectivity index (χ0n) is 14.0. The van der Waals surface area contributed by atoms with E-state index in [4.69, 9.17) is 0 Å². The highest BCUT2D eigenvalue weighted by Gasteiger charge is 2.51. The van der Waals surface area contributed by atoms with E-state index in [0.717, 1.165) is 23.5 Å². The van der Waals surface area contributed by atoms with Gasteiger partial charge in [-0.2, -0.15) is 0 Å². The smallest absolute Gasteiger partial charge is 0.233 e. The number of hydrogen-bond acceptors (Lipinski definition) is 2. The summed E-state index contributed by atoms with van der Waals surface area (Å²) in [5.41, 5.74) is 1.44. The molecule has 0 heterocycles. The fourth-order valence-corrected chi connectivity index (χ4v) is 6.34. The summed E-state index contributed by atoms with van der Waals surface area (Å²) in [5.74, 6) is 3.82. The van der Waals surface area contributed by atoms with Crippen LogP contribution in [-0.4, -0.2) is 16.7 Å². The summed E-state index contributed by atoms with van der Waals surface area (Å²) in [7, 11) is 0. The Kier molecular flexibility index (Phi) is 4.17. The lowest BCUT2D eigenvalue weighted by Gasteiger charge is -2.57. The second-order valence-corrected chi connectivity index (χ2v) is 9.46. The summed E-state index contributed by atoms with van der Waals surface area (Å²) in [6, 6.07) is 10.4. The highest BCUT2D eigenvalue weighted by molar-refractivity contribution is 7.99. The van der Waals surface area contributed by atoms with Crippen molar-refractivity contribution in [3.8, 4) is 0 Å². The third-order valence-corrected chi connectivity index (χ3v) is 7.35. The average Bonchev–Trinajstić information content (AvgIpc) is 2.51. The lowest BCUT2D eigenvalue weighted by molar-refractivity contribution is -0.126. The third kappa shape index (κ3) is 3.31. The molecule has 4 fully saturated rings. The molecule has 1 N–H and O–H groups in total. The van der Waals surface area contributed by atoms with Crippen molar-refractivity contribution in [3.63, 3.8) is 0 Å². The summed E-state index contributed by atoms with van der Waals surface area (Å²) in [6.07, 6.45) is 7.98. The van der Waals surface area contributed by atoms with Gasteiger partial charge in [-0.15, -0.1) is 11.8 Å². The van der Waals surface area contributed by atoms with Crippen LogP contribution in [0, 0.1) is 17.8 Å². The summed E-state index contributed by atoms with van der Waals surface area (Å²) >= 11 is 1.75. The van der Waals surface area contributed by atoms with E-state index in [-0.39, 0.29) is 16.7 Å². The molecule has 0 saturated heterocycles. The molecule has 5 rings (SSSR count). The average molecular weight is 330 g/mol. The largest absolute Gasteiger partial charge is 0.350 e. The number of hydrogen-bond donors (Lipinski definition) is 1. The maximum Gasteiger partial charge on any atom is 0.233 e. The third-order valence-electron chi connectivity index (χ3n) is 6.14. The van der Waals surface area contributed by atoms with Gasteiger partial charge in [0.05, 0.1) is 5.25 Å². The van der Waals surface area contributed by atoms with Crippen LogP contribution in [0.1, 0.15) is 51.0 Å². The molecule has 2 nitrogen and oxygen atoms in total. The number of carbonyl (C=O) groups excluding carboxylic acids is 1. The highest BCUT2D eigenvalue weighted by atomic mass is 32.2. The van der Waals surface area contributed by atoms with Crippen molar-refractivity contribution in [2.24, 2.45) is 17.8 Å². The van der Waals surface area contributed by atoms with Gasteiger partial charge in [-0.1, -0.05) is 30.3 Å². The first kappa shape index (κ1) is 15.6. The van der Waals surface area contributed by atoms with Gasteiger partial charge in [0.2, 0.25) is 5.91 Å². The number of nitrogens with one attached hydrogen (secondary N) is 1. The summed E-state index contributed by atoms with van der Waals surface area (Å²) in [5, 5.41) is 3.53. The van der Waals surface area contributed by atoms with E-state index < -0.39 is 0 Å². The number of thioether (sulfide) groups is 1. The fourth-order valence-electron chi connectivity index (χ4n) is 5.50. The number of benzene rings is 1. The van der Waals surface area contributed by atoms with Crippen molar-refractivity contribution in [2.45, 2.75) is 62.0 Å². The standard InChI is InChI=1S/C20H27NOS/c1-14(23-13-15-5-3-2-4-6-15)19(22)21-20-10-16-7-17(11-20)9-18(8-16)12-20/h2-6,14,16-18H,7-13H2,1H3,(H,21,22)/t14-,16?,17?,18?,20?/m1/s1. The molecular formula is C20H27NOS. The van der Waals surface area contributed by atoms with E-state index in [1.54, 1.807) is 11.8 Å². The molecule has 23 heavy (non-hydrogen) atoms. The Hall–Kier alpha value is -0.960. The SMILES string of the molecule is C[C@@H](SCc1ccccc1)C(=O)NC12CC3CC(CC(C3)C1)C2. The van der Waals surface area contributed by atoms with Crippen molar-refractivity contribution >= 4 is 17.7 Å². The van der Waals surface area contributed by atoms with Gasteiger partial charge >= 0.3 is 0 Å². The van der Waals surface area contributed by atoms with Crippen LogP contribution in [-0.2, 0) is 10.5 Å². The van der Waals surface area contributed by atoms with Crippen molar-refractivity contribution < 1.29 is 4.79 Å². The van der Waals surface area contributed by atoms with Crippen molar-refractivity contribution in [1.82, 2.24) is 5.32 Å². The van der Waals surface area contributed by atoms with Crippen LogP contribution < -0.4 is 5.32 Å². The van der Waals surface area contributed by atoms with Crippen LogP contribution in [0.25, 0.3) is 0 Å². The minimum absolute atomic E-state index is 0.0308. The van der Waals surface area contributed by atoms with Gasteiger partial charge in [0.25, 0.3) is 0 Å². The molecular weight excluding hydrogens is 302 g/mol. The first-order valence-electron chi connectivity index (χ1n) is 9.09. The van der Waals surface area contributed by atoms with Gasteiger partial charge in [0.1, 0.15) is 0 Å². The maximum atomic E-state index is 12.7. The second-order valence-electron chi connectivity index (χ2n) is 8.13. The normalized spacial score (nSPS) is 36.0. The predicted octanol–water partition coefficient (Wildman–Crippen LogP) is 4.39. The Morgan fingerprint density at radius 3 is 2.26 bits per heavy atom. The minimum Gasteiger partial charge on any atom is -0.350 e. The second kappa shape index (κ2) is 6.16. The van der Waals surface area contributed by atoms with Gasteiger partial charge in [-0.25, -0.2) is 0 Å². The molecule has 1 aromatic rings. The number of rotatable bonds is 5. The number of amides is 1. The van der Waals surface area contributed by atoms with Crippen LogP contribution in [0.2, 0.25) is 0 Å². The Bertz CT molecular complexity index is 535. The Labute approximate surface area is 143 Å². The summed E-state index contributed by atoms with van der Waals surface area (Å²) in [6.45, 7) is 2.06. The topological polar surface area (TPSA) is 29.1 Å². The highest BCUT2D eigenvalue weighted by Crippen LogP contribution is 2.55. The van der Waals surface area contributed by atoms with Crippen LogP contribution in [0.3, 0.4) is 0 Å². The van der Waals surface area contributed by atoms with E-state index in [1.165, 1.54) is 44.1 Å². The first-order valence-corrected chi connectivity index (χ1v) is 10.1. The molecule has 124 valence electrons. The Morgan fingerprint density at radius 1 is 1.13 bits per heavy atom. The zero-order chi connectivity index (χ0) is 15.9. The monoisotopic (exact) mass is 329 g/mol. The van der Waals surface area contributed by atoms with Crippen LogP contribution >= 0.6 is 11.8 Å². The van der Waals surface area contributed by atoms with E-state index in [2.05, 4.69) is 36.5 Å².